The molecule has 0 saturated heterocycles. The first-order chi connectivity index (χ1) is 24.0. The molecule has 4 amide bonds. The van der Waals surface area contributed by atoms with E-state index in [9.17, 15) is 19.5 Å². The summed E-state index contributed by atoms with van der Waals surface area (Å²) in [7, 11) is 1.71. The van der Waals surface area contributed by atoms with Crippen molar-refractivity contribution in [2.24, 2.45) is 16.8 Å². The average Bonchev–Trinajstić information content (AvgIpc) is 3.79. The number of nitrogens with zero attached hydrogens (tertiary/aromatic N) is 2. The second kappa shape index (κ2) is 19.2. The van der Waals surface area contributed by atoms with Gasteiger partial charge in [0, 0.05) is 37.6 Å². The first-order valence-electron chi connectivity index (χ1n) is 17.3. The number of benzene rings is 2. The van der Waals surface area contributed by atoms with Gasteiger partial charge in [-0.1, -0.05) is 88.4 Å². The highest BCUT2D eigenvalue weighted by molar-refractivity contribution is 8.03. The molecule has 11 nitrogen and oxygen atoms in total. The molecule has 50 heavy (non-hydrogen) atoms. The van der Waals surface area contributed by atoms with Gasteiger partial charge in [0.2, 0.25) is 5.91 Å². The van der Waals surface area contributed by atoms with Gasteiger partial charge in [0.15, 0.2) is 0 Å². The van der Waals surface area contributed by atoms with E-state index in [0.717, 1.165) is 22.4 Å². The summed E-state index contributed by atoms with van der Waals surface area (Å²) in [4.78, 5) is 45.7. The first kappa shape index (κ1) is 38.5. The monoisotopic (exact) mass is 704 g/mol. The number of carbonyl (C=O) groups is 3. The third-order valence-corrected chi connectivity index (χ3v) is 10.0. The Morgan fingerprint density at radius 2 is 1.64 bits per heavy atom. The van der Waals surface area contributed by atoms with Crippen LogP contribution in [-0.4, -0.2) is 84.1 Å². The van der Waals surface area contributed by atoms with Gasteiger partial charge in [0.1, 0.15) is 12.6 Å². The van der Waals surface area contributed by atoms with Crippen molar-refractivity contribution in [3.63, 3.8) is 0 Å². The van der Waals surface area contributed by atoms with Crippen LogP contribution in [0.4, 0.5) is 9.59 Å². The standard InChI is InChI=1S/C38H52N6O5S/c1-25(2)34(43-37(47)44(5)22-31-24-50-36(41-31)26(3)4)35(46)40-30(18-27-12-8-6-9-13-27)20-33(45)32(19-28-14-10-7-11-15-28)42-38(48)49-23-29-16-17-39-21-29/h6-15,17,21,24-26,30,32-34,36,41,45H,16,18-20,22-23H2,1-5H3,(H,40,46)(H,42,48)(H,43,47). The highest BCUT2D eigenvalue weighted by Gasteiger charge is 2.31. The minimum atomic E-state index is -1.04. The lowest BCUT2D eigenvalue weighted by Crippen LogP contribution is -2.56. The van der Waals surface area contributed by atoms with E-state index in [0.29, 0.717) is 31.7 Å². The van der Waals surface area contributed by atoms with Crippen LogP contribution in [0.3, 0.4) is 0 Å². The van der Waals surface area contributed by atoms with Crippen molar-refractivity contribution < 1.29 is 24.2 Å². The Kier molecular flexibility index (Phi) is 14.8. The predicted molar refractivity (Wildman–Crippen MR) is 200 cm³/mol. The van der Waals surface area contributed by atoms with Crippen molar-refractivity contribution in [1.82, 2.24) is 26.2 Å². The van der Waals surface area contributed by atoms with Gasteiger partial charge in [-0.3, -0.25) is 9.79 Å². The van der Waals surface area contributed by atoms with Crippen LogP contribution in [-0.2, 0) is 22.4 Å². The average molecular weight is 705 g/mol. The van der Waals surface area contributed by atoms with E-state index in [4.69, 9.17) is 4.74 Å². The Bertz CT molecular complexity index is 1500. The van der Waals surface area contributed by atoms with E-state index < -0.39 is 30.3 Å². The summed E-state index contributed by atoms with van der Waals surface area (Å²) in [5, 5.41) is 26.4. The van der Waals surface area contributed by atoms with Crippen molar-refractivity contribution in [2.75, 3.05) is 20.2 Å². The van der Waals surface area contributed by atoms with Gasteiger partial charge in [-0.25, -0.2) is 9.59 Å². The summed E-state index contributed by atoms with van der Waals surface area (Å²) in [6.07, 6.45) is 3.31. The summed E-state index contributed by atoms with van der Waals surface area (Å²) < 4.78 is 5.45. The van der Waals surface area contributed by atoms with E-state index in [1.807, 2.05) is 79.9 Å². The fourth-order valence-corrected chi connectivity index (χ4v) is 6.72. The highest BCUT2D eigenvalue weighted by atomic mass is 32.2. The van der Waals surface area contributed by atoms with Crippen LogP contribution in [0.15, 0.2) is 88.5 Å². The smallest absolute Gasteiger partial charge is 0.407 e. The SMILES string of the molecule is CC(C)C1NC(CN(C)C(=O)NC(C(=O)NC(Cc2ccccc2)CC(O)C(Cc2ccccc2)NC(=O)OCC2=CN=CC2)C(C)C)=CS1. The zero-order valence-electron chi connectivity index (χ0n) is 29.7. The van der Waals surface area contributed by atoms with Crippen molar-refractivity contribution >= 4 is 36.0 Å². The molecular weight excluding hydrogens is 653 g/mol. The van der Waals surface area contributed by atoms with Crippen LogP contribution < -0.4 is 21.3 Å². The largest absolute Gasteiger partial charge is 0.445 e. The van der Waals surface area contributed by atoms with Gasteiger partial charge >= 0.3 is 12.1 Å². The number of hydrogen-bond donors (Lipinski definition) is 5. The maximum atomic E-state index is 13.9. The summed E-state index contributed by atoms with van der Waals surface area (Å²) in [5.74, 6) is -0.109. The quantitative estimate of drug-likeness (QED) is 0.156. The highest BCUT2D eigenvalue weighted by Crippen LogP contribution is 2.26. The van der Waals surface area contributed by atoms with Crippen LogP contribution in [0.1, 0.15) is 51.7 Å². The molecule has 12 heteroatoms. The minimum absolute atomic E-state index is 0.107. The number of aliphatic hydroxyl groups excluding tert-OH is 1. The molecule has 4 rings (SSSR count). The number of aliphatic imine (C=N–C) groups is 1. The zero-order chi connectivity index (χ0) is 36.0. The molecule has 0 aromatic heterocycles. The van der Waals surface area contributed by atoms with Gasteiger partial charge < -0.3 is 36.0 Å². The topological polar surface area (TPSA) is 144 Å². The summed E-state index contributed by atoms with van der Waals surface area (Å²) >= 11 is 1.71. The van der Waals surface area contributed by atoms with Crippen LogP contribution in [0.5, 0.6) is 0 Å². The molecule has 2 aliphatic rings. The fourth-order valence-electron chi connectivity index (χ4n) is 5.74. The number of carbonyl (C=O) groups excluding carboxylic acids is 3. The Morgan fingerprint density at radius 1 is 0.980 bits per heavy atom. The van der Waals surface area contributed by atoms with E-state index >= 15 is 0 Å². The van der Waals surface area contributed by atoms with E-state index in [-0.39, 0.29) is 36.3 Å². The van der Waals surface area contributed by atoms with E-state index in [1.54, 1.807) is 36.1 Å². The van der Waals surface area contributed by atoms with E-state index in [2.05, 4.69) is 40.1 Å². The van der Waals surface area contributed by atoms with Crippen molar-refractivity contribution in [2.45, 2.75) is 83.0 Å². The second-order valence-corrected chi connectivity index (χ2v) is 14.7. The first-order valence-corrected chi connectivity index (χ1v) is 18.2. The van der Waals surface area contributed by atoms with Crippen LogP contribution in [0, 0.1) is 11.8 Å². The molecule has 2 heterocycles. The fraction of sp³-hybridized carbons (Fsp3) is 0.474. The number of alkyl carbamates (subject to hydrolysis) is 1. The third-order valence-electron chi connectivity index (χ3n) is 8.64. The molecule has 0 aliphatic carbocycles. The number of aliphatic hydroxyl groups is 1. The number of likely N-dealkylation sites (N-methyl/N-ethyl adjacent to an activating group) is 1. The molecule has 0 radical (unpaired) electrons. The molecule has 0 spiro atoms. The van der Waals surface area contributed by atoms with Crippen LogP contribution in [0.25, 0.3) is 0 Å². The van der Waals surface area contributed by atoms with Crippen LogP contribution >= 0.6 is 11.8 Å². The number of amides is 4. The maximum absolute atomic E-state index is 13.9. The molecule has 0 saturated carbocycles. The Balaban J connectivity index is 1.44. The van der Waals surface area contributed by atoms with Gasteiger partial charge in [0.25, 0.3) is 0 Å². The number of thioether (sulfide) groups is 1. The number of nitrogens with one attached hydrogen (secondary N) is 4. The maximum Gasteiger partial charge on any atom is 0.407 e. The van der Waals surface area contributed by atoms with Gasteiger partial charge in [-0.2, -0.15) is 0 Å². The third kappa shape index (κ3) is 12.2. The Hall–Kier alpha value is -4.29. The normalized spacial score (nSPS) is 17.6. The lowest BCUT2D eigenvalue weighted by Gasteiger charge is -2.31. The van der Waals surface area contributed by atoms with Gasteiger partial charge in [-0.15, -0.1) is 11.8 Å². The molecule has 2 aromatic rings. The zero-order valence-corrected chi connectivity index (χ0v) is 30.5. The summed E-state index contributed by atoms with van der Waals surface area (Å²) in [6.45, 7) is 8.56. The summed E-state index contributed by atoms with van der Waals surface area (Å²) in [5.41, 5.74) is 3.75. The molecule has 2 aliphatic heterocycles. The number of urea groups is 1. The molecule has 270 valence electrons. The predicted octanol–water partition coefficient (Wildman–Crippen LogP) is 4.99. The van der Waals surface area contributed by atoms with Crippen molar-refractivity contribution in [3.05, 3.63) is 94.7 Å². The van der Waals surface area contributed by atoms with Crippen molar-refractivity contribution in [3.8, 4) is 0 Å². The van der Waals surface area contributed by atoms with Crippen molar-refractivity contribution in [1.29, 1.82) is 0 Å². The number of ether oxygens (including phenoxy) is 1. The lowest BCUT2D eigenvalue weighted by molar-refractivity contribution is -0.124. The number of hydrogen-bond acceptors (Lipinski definition) is 8. The lowest BCUT2D eigenvalue weighted by atomic mass is 9.93. The molecule has 5 N–H and O–H groups in total. The Labute approximate surface area is 300 Å². The van der Waals surface area contributed by atoms with Crippen LogP contribution in [0.2, 0.25) is 0 Å². The minimum Gasteiger partial charge on any atom is -0.445 e. The second-order valence-electron chi connectivity index (χ2n) is 13.7. The molecular formula is C38H52N6O5S. The van der Waals surface area contributed by atoms with E-state index in [1.165, 1.54) is 0 Å². The van der Waals surface area contributed by atoms with Gasteiger partial charge in [-0.05, 0) is 53.2 Å². The Morgan fingerprint density at radius 3 is 2.22 bits per heavy atom. The molecule has 5 unspecified atom stereocenters. The molecule has 0 fully saturated rings. The molecule has 0 bridgehead atoms. The van der Waals surface area contributed by atoms with Gasteiger partial charge in [0.05, 0.1) is 24.1 Å². The molecule has 5 atom stereocenters. The number of rotatable bonds is 17. The molecule has 2 aromatic carbocycles. The summed E-state index contributed by atoms with van der Waals surface area (Å²) in [6, 6.07) is 16.9.